The van der Waals surface area contributed by atoms with Crippen LogP contribution in [-0.2, 0) is 4.79 Å². The van der Waals surface area contributed by atoms with Gasteiger partial charge in [0.2, 0.25) is 0 Å². The zero-order valence-electron chi connectivity index (χ0n) is 18.5. The van der Waals surface area contributed by atoms with Crippen LogP contribution >= 0.6 is 0 Å². The number of aromatic nitrogens is 2. The molecule has 1 heterocycles. The highest BCUT2D eigenvalue weighted by Crippen LogP contribution is 2.45. The van der Waals surface area contributed by atoms with Gasteiger partial charge < -0.3 is 9.95 Å². The average molecular weight is 446 g/mol. The number of carboxylic acid groups (broad SMARTS) is 1. The number of nitrogens with one attached hydrogen (secondary N) is 1. The summed E-state index contributed by atoms with van der Waals surface area (Å²) in [7, 11) is 0. The van der Waals surface area contributed by atoms with Gasteiger partial charge in [0.05, 0.1) is 0 Å². The van der Waals surface area contributed by atoms with Gasteiger partial charge in [-0.25, -0.2) is 9.89 Å². The predicted octanol–water partition coefficient (Wildman–Crippen LogP) is 6.97. The molecule has 0 radical (unpaired) electrons. The minimum absolute atomic E-state index is 0.440. The van der Waals surface area contributed by atoms with E-state index in [0.717, 1.165) is 52.1 Å². The van der Waals surface area contributed by atoms with Crippen molar-refractivity contribution in [3.8, 4) is 0 Å². The Balaban J connectivity index is 1.74. The molecule has 5 nitrogen and oxygen atoms in total. The fourth-order valence-corrected chi connectivity index (χ4v) is 4.54. The van der Waals surface area contributed by atoms with Crippen LogP contribution in [0.4, 0.5) is 5.82 Å². The van der Waals surface area contributed by atoms with Crippen molar-refractivity contribution in [3.63, 3.8) is 0 Å². The maximum Gasteiger partial charge on any atom is 0.328 e. The molecule has 0 bridgehead atoms. The fraction of sp³-hybridized carbons (Fsp3) is 0.138. The second-order valence-corrected chi connectivity index (χ2v) is 8.49. The molecule has 5 rings (SSSR count). The molecule has 1 aromatic heterocycles. The summed E-state index contributed by atoms with van der Waals surface area (Å²) >= 11 is 0. The second-order valence-electron chi connectivity index (χ2n) is 8.49. The number of H-pyrrole nitrogens is 1. The summed E-state index contributed by atoms with van der Waals surface area (Å²) in [5.74, 6) is -0.0651. The number of hydrogen-bond acceptors (Lipinski definition) is 2. The standard InChI is InChI=1S/C29H23N3O2/c1-30-29-24-18-23(15-16-25(24)31-32-29)28(22-13-10-19(11-14-22)12-17-26(33)34)27(21-8-5-9-21)20-6-3-2-4-7-20/h2-4,6-7,10-18,21H,5,8-9H2,(H,31,32)(H,33,34)/b17-12+,28-27-. The number of carboxylic acids is 1. The lowest BCUT2D eigenvalue weighted by Gasteiger charge is -2.31. The van der Waals surface area contributed by atoms with Crippen LogP contribution < -0.4 is 0 Å². The summed E-state index contributed by atoms with van der Waals surface area (Å²) in [6.45, 7) is 7.50. The summed E-state index contributed by atoms with van der Waals surface area (Å²) in [4.78, 5) is 14.5. The van der Waals surface area contributed by atoms with E-state index in [2.05, 4.69) is 51.4 Å². The number of carbonyl (C=O) groups is 1. The van der Waals surface area contributed by atoms with Gasteiger partial charge in [-0.3, -0.25) is 0 Å². The first kappa shape index (κ1) is 21.4. The quantitative estimate of drug-likeness (QED) is 0.191. The maximum atomic E-state index is 10.9. The maximum absolute atomic E-state index is 10.9. The first-order valence-electron chi connectivity index (χ1n) is 11.3. The monoisotopic (exact) mass is 445 g/mol. The van der Waals surface area contributed by atoms with Gasteiger partial charge in [-0.1, -0.05) is 79.7 Å². The Hall–Kier alpha value is -4.43. The van der Waals surface area contributed by atoms with Crippen LogP contribution in [0.2, 0.25) is 0 Å². The predicted molar refractivity (Wildman–Crippen MR) is 135 cm³/mol. The number of aromatic amines is 1. The average Bonchev–Trinajstić information content (AvgIpc) is 3.25. The Bertz CT molecular complexity index is 1450. The molecule has 1 aliphatic rings. The normalized spacial score (nSPS) is 14.6. The highest BCUT2D eigenvalue weighted by Gasteiger charge is 2.27. The molecular formula is C29H23N3O2. The van der Waals surface area contributed by atoms with E-state index in [1.807, 2.05) is 36.4 Å². The van der Waals surface area contributed by atoms with Gasteiger partial charge in [0.15, 0.2) is 0 Å². The minimum atomic E-state index is -0.968. The van der Waals surface area contributed by atoms with Crippen molar-refractivity contribution in [3.05, 3.63) is 113 Å². The highest BCUT2D eigenvalue weighted by atomic mass is 16.4. The number of allylic oxidation sites excluding steroid dienone is 1. The molecule has 0 atom stereocenters. The van der Waals surface area contributed by atoms with Gasteiger partial charge in [0.25, 0.3) is 5.82 Å². The zero-order chi connectivity index (χ0) is 23.5. The van der Waals surface area contributed by atoms with Gasteiger partial charge in [-0.15, -0.1) is 5.10 Å². The zero-order valence-corrected chi connectivity index (χ0v) is 18.5. The van der Waals surface area contributed by atoms with Gasteiger partial charge in [0, 0.05) is 11.5 Å². The smallest absolute Gasteiger partial charge is 0.328 e. The molecule has 0 saturated heterocycles. The van der Waals surface area contributed by atoms with Gasteiger partial charge in [0.1, 0.15) is 5.52 Å². The molecule has 166 valence electrons. The van der Waals surface area contributed by atoms with E-state index >= 15 is 0 Å². The molecule has 1 saturated carbocycles. The number of benzene rings is 3. The largest absolute Gasteiger partial charge is 0.478 e. The third-order valence-corrected chi connectivity index (χ3v) is 6.42. The summed E-state index contributed by atoms with van der Waals surface area (Å²) in [5.41, 5.74) is 7.36. The summed E-state index contributed by atoms with van der Waals surface area (Å²) < 4.78 is 0. The molecule has 0 unspecified atom stereocenters. The summed E-state index contributed by atoms with van der Waals surface area (Å²) in [6, 6.07) is 24.6. The Morgan fingerprint density at radius 2 is 1.74 bits per heavy atom. The van der Waals surface area contributed by atoms with Crippen molar-refractivity contribution in [1.82, 2.24) is 10.2 Å². The van der Waals surface area contributed by atoms with Crippen LogP contribution in [0, 0.1) is 12.5 Å². The van der Waals surface area contributed by atoms with Gasteiger partial charge in [-0.2, -0.15) is 0 Å². The highest BCUT2D eigenvalue weighted by molar-refractivity contribution is 6.02. The number of fused-ring (bicyclic) bond motifs is 1. The molecule has 0 aliphatic heterocycles. The Kier molecular flexibility index (Phi) is 5.80. The Labute approximate surface area is 197 Å². The van der Waals surface area contributed by atoms with Crippen molar-refractivity contribution in [2.75, 3.05) is 0 Å². The molecule has 1 fully saturated rings. The molecular weight excluding hydrogens is 422 g/mol. The molecule has 34 heavy (non-hydrogen) atoms. The molecule has 0 amide bonds. The Morgan fingerprint density at radius 3 is 2.38 bits per heavy atom. The lowest BCUT2D eigenvalue weighted by atomic mass is 9.73. The van der Waals surface area contributed by atoms with E-state index in [0.29, 0.717) is 11.7 Å². The fourth-order valence-electron chi connectivity index (χ4n) is 4.54. The topological polar surface area (TPSA) is 70.3 Å². The van der Waals surface area contributed by atoms with Crippen LogP contribution in [0.1, 0.15) is 41.5 Å². The molecule has 0 spiro atoms. The Morgan fingerprint density at radius 1 is 1.00 bits per heavy atom. The second kappa shape index (κ2) is 9.21. The lowest BCUT2D eigenvalue weighted by molar-refractivity contribution is -0.131. The third-order valence-electron chi connectivity index (χ3n) is 6.42. The van der Waals surface area contributed by atoms with Gasteiger partial charge >= 0.3 is 5.97 Å². The van der Waals surface area contributed by atoms with Gasteiger partial charge in [-0.05, 0) is 64.3 Å². The molecule has 3 aromatic carbocycles. The van der Waals surface area contributed by atoms with Crippen molar-refractivity contribution >= 4 is 39.9 Å². The van der Waals surface area contributed by atoms with E-state index in [-0.39, 0.29) is 0 Å². The first-order chi connectivity index (χ1) is 16.6. The van der Waals surface area contributed by atoms with E-state index < -0.39 is 5.97 Å². The molecule has 5 heteroatoms. The van der Waals surface area contributed by atoms with E-state index in [1.54, 1.807) is 6.08 Å². The van der Waals surface area contributed by atoms with Crippen molar-refractivity contribution in [1.29, 1.82) is 0 Å². The van der Waals surface area contributed by atoms with E-state index in [9.17, 15) is 4.79 Å². The summed E-state index contributed by atoms with van der Waals surface area (Å²) in [5, 5.41) is 16.9. The van der Waals surface area contributed by atoms with Crippen LogP contribution in [0.3, 0.4) is 0 Å². The SMILES string of the molecule is [C-]#[N+]c1[nH]nc2ccc(/C(=C(/c3ccccc3)C3CCC3)c3ccc(/C=C/C(=O)O)cc3)cc12. The third kappa shape index (κ3) is 4.14. The summed E-state index contributed by atoms with van der Waals surface area (Å²) in [6.07, 6.45) is 6.26. The van der Waals surface area contributed by atoms with E-state index in [1.165, 1.54) is 17.6 Å². The van der Waals surface area contributed by atoms with Crippen LogP contribution in [-0.4, -0.2) is 21.3 Å². The van der Waals surface area contributed by atoms with Crippen LogP contribution in [0.5, 0.6) is 0 Å². The molecule has 4 aromatic rings. The van der Waals surface area contributed by atoms with Crippen LogP contribution in [0.15, 0.2) is 78.9 Å². The number of hydrogen-bond donors (Lipinski definition) is 2. The van der Waals surface area contributed by atoms with Crippen molar-refractivity contribution in [2.24, 2.45) is 5.92 Å². The number of nitrogens with zero attached hydrogens (tertiary/aromatic N) is 2. The number of aliphatic carboxylic acids is 1. The molecule has 1 aliphatic carbocycles. The minimum Gasteiger partial charge on any atom is -0.478 e. The van der Waals surface area contributed by atoms with Crippen molar-refractivity contribution in [2.45, 2.75) is 19.3 Å². The van der Waals surface area contributed by atoms with Crippen LogP contribution in [0.25, 0.3) is 33.0 Å². The molecule has 2 N–H and O–H groups in total. The van der Waals surface area contributed by atoms with E-state index in [4.69, 9.17) is 11.7 Å². The number of rotatable bonds is 6. The first-order valence-corrected chi connectivity index (χ1v) is 11.3. The van der Waals surface area contributed by atoms with Crippen molar-refractivity contribution < 1.29 is 9.90 Å². The lowest BCUT2D eigenvalue weighted by Crippen LogP contribution is -2.15.